The first-order valence-corrected chi connectivity index (χ1v) is 6.95. The molecule has 0 fully saturated rings. The van der Waals surface area contributed by atoms with Crippen LogP contribution in [0, 0.1) is 27.7 Å². The first-order chi connectivity index (χ1) is 9.47. The van der Waals surface area contributed by atoms with E-state index in [-0.39, 0.29) is 0 Å². The van der Waals surface area contributed by atoms with Gasteiger partial charge in [-0.3, -0.25) is 0 Å². The Kier molecular flexibility index (Phi) is 3.02. The highest BCUT2D eigenvalue weighted by molar-refractivity contribution is 6.29. The second-order valence-electron chi connectivity index (χ2n) is 5.23. The molecule has 0 saturated carbocycles. The maximum atomic E-state index is 6.27. The van der Waals surface area contributed by atoms with Crippen LogP contribution in [-0.2, 0) is 0 Å². The molecule has 3 rings (SSSR count). The lowest BCUT2D eigenvalue weighted by molar-refractivity contribution is 0.910. The standard InChI is InChI=1S/C16H16ClN3/c1-9-5-6-10(2)13(7-9)15-12(4)19-20-14(17)8-11(3)18-16(15)20/h5-8H,1-4H3. The summed E-state index contributed by atoms with van der Waals surface area (Å²) in [5.74, 6) is 0. The van der Waals surface area contributed by atoms with Gasteiger partial charge in [-0.15, -0.1) is 0 Å². The van der Waals surface area contributed by atoms with E-state index in [0.29, 0.717) is 5.15 Å². The number of benzene rings is 1. The van der Waals surface area contributed by atoms with E-state index >= 15 is 0 Å². The molecule has 0 aliphatic heterocycles. The Balaban J connectivity index is 2.42. The first-order valence-electron chi connectivity index (χ1n) is 6.57. The van der Waals surface area contributed by atoms with Crippen LogP contribution in [0.4, 0.5) is 0 Å². The van der Waals surface area contributed by atoms with Gasteiger partial charge in [-0.05, 0) is 44.9 Å². The number of hydrogen-bond acceptors (Lipinski definition) is 2. The fourth-order valence-corrected chi connectivity index (χ4v) is 2.80. The summed E-state index contributed by atoms with van der Waals surface area (Å²) in [6.07, 6.45) is 0. The molecule has 1 aromatic carbocycles. The minimum absolute atomic E-state index is 0.590. The van der Waals surface area contributed by atoms with Gasteiger partial charge in [0.25, 0.3) is 0 Å². The molecule has 0 spiro atoms. The predicted molar refractivity (Wildman–Crippen MR) is 82.4 cm³/mol. The second-order valence-corrected chi connectivity index (χ2v) is 5.62. The monoisotopic (exact) mass is 285 g/mol. The van der Waals surface area contributed by atoms with Crippen LogP contribution in [0.15, 0.2) is 24.3 Å². The summed E-state index contributed by atoms with van der Waals surface area (Å²) in [6.45, 7) is 8.14. The summed E-state index contributed by atoms with van der Waals surface area (Å²) in [5.41, 5.74) is 7.34. The van der Waals surface area contributed by atoms with Crippen molar-refractivity contribution < 1.29 is 0 Å². The highest BCUT2D eigenvalue weighted by Gasteiger charge is 2.16. The average molecular weight is 286 g/mol. The van der Waals surface area contributed by atoms with Crippen molar-refractivity contribution in [3.05, 3.63) is 51.9 Å². The number of nitrogens with zero attached hydrogens (tertiary/aromatic N) is 3. The van der Waals surface area contributed by atoms with Crippen molar-refractivity contribution >= 4 is 17.2 Å². The first kappa shape index (κ1) is 13.1. The lowest BCUT2D eigenvalue weighted by Gasteiger charge is -2.07. The van der Waals surface area contributed by atoms with Gasteiger partial charge >= 0.3 is 0 Å². The van der Waals surface area contributed by atoms with Crippen molar-refractivity contribution in [2.45, 2.75) is 27.7 Å². The quantitative estimate of drug-likeness (QED) is 0.625. The van der Waals surface area contributed by atoms with Crippen molar-refractivity contribution in [1.82, 2.24) is 14.6 Å². The molecule has 0 aliphatic carbocycles. The van der Waals surface area contributed by atoms with Crippen LogP contribution in [0.2, 0.25) is 5.15 Å². The van der Waals surface area contributed by atoms with Crippen molar-refractivity contribution in [2.75, 3.05) is 0 Å². The summed E-state index contributed by atoms with van der Waals surface area (Å²) in [7, 11) is 0. The minimum Gasteiger partial charge on any atom is -0.233 e. The number of aromatic nitrogens is 3. The van der Waals surface area contributed by atoms with E-state index < -0.39 is 0 Å². The molecular formula is C16H16ClN3. The van der Waals surface area contributed by atoms with E-state index in [4.69, 9.17) is 11.6 Å². The fraction of sp³-hybridized carbons (Fsp3) is 0.250. The Morgan fingerprint density at radius 2 is 1.80 bits per heavy atom. The van der Waals surface area contributed by atoms with Crippen LogP contribution >= 0.6 is 11.6 Å². The Bertz CT molecular complexity index is 818. The predicted octanol–water partition coefficient (Wildman–Crippen LogP) is 4.28. The molecule has 0 N–H and O–H groups in total. The summed E-state index contributed by atoms with van der Waals surface area (Å²) in [5, 5.41) is 5.11. The van der Waals surface area contributed by atoms with Crippen LogP contribution in [0.5, 0.6) is 0 Å². The van der Waals surface area contributed by atoms with E-state index in [1.165, 1.54) is 16.7 Å². The molecular weight excluding hydrogens is 270 g/mol. The molecule has 3 nitrogen and oxygen atoms in total. The van der Waals surface area contributed by atoms with Crippen molar-refractivity contribution in [2.24, 2.45) is 0 Å². The molecule has 0 radical (unpaired) electrons. The Labute approximate surface area is 123 Å². The van der Waals surface area contributed by atoms with Gasteiger partial charge < -0.3 is 0 Å². The molecule has 0 unspecified atom stereocenters. The number of aryl methyl sites for hydroxylation is 4. The highest BCUT2D eigenvalue weighted by Crippen LogP contribution is 2.31. The van der Waals surface area contributed by atoms with Gasteiger partial charge in [0.2, 0.25) is 0 Å². The summed E-state index contributed by atoms with van der Waals surface area (Å²) in [6, 6.07) is 8.25. The average Bonchev–Trinajstić information content (AvgIpc) is 2.69. The van der Waals surface area contributed by atoms with Gasteiger partial charge in [-0.1, -0.05) is 35.4 Å². The van der Waals surface area contributed by atoms with Crippen LogP contribution in [-0.4, -0.2) is 14.6 Å². The number of halogens is 1. The van der Waals surface area contributed by atoms with Gasteiger partial charge in [-0.2, -0.15) is 5.10 Å². The van der Waals surface area contributed by atoms with Crippen LogP contribution in [0.3, 0.4) is 0 Å². The minimum atomic E-state index is 0.590. The third-order valence-corrected chi connectivity index (χ3v) is 3.78. The van der Waals surface area contributed by atoms with Gasteiger partial charge in [0.1, 0.15) is 5.15 Å². The Hall–Kier alpha value is -1.87. The number of fused-ring (bicyclic) bond motifs is 1. The molecule has 20 heavy (non-hydrogen) atoms. The van der Waals surface area contributed by atoms with Crippen LogP contribution < -0.4 is 0 Å². The lowest BCUT2D eigenvalue weighted by Crippen LogP contribution is -1.95. The summed E-state index contributed by atoms with van der Waals surface area (Å²) >= 11 is 6.27. The normalized spacial score (nSPS) is 11.2. The third-order valence-electron chi connectivity index (χ3n) is 3.51. The second kappa shape index (κ2) is 4.60. The molecule has 0 aliphatic rings. The topological polar surface area (TPSA) is 30.2 Å². The SMILES string of the molecule is Cc1ccc(C)c(-c2c(C)nn3c(Cl)cc(C)nc23)c1. The van der Waals surface area contributed by atoms with Gasteiger partial charge in [-0.25, -0.2) is 9.50 Å². The van der Waals surface area contributed by atoms with Crippen molar-refractivity contribution in [3.63, 3.8) is 0 Å². The smallest absolute Gasteiger partial charge is 0.165 e. The van der Waals surface area contributed by atoms with Gasteiger partial charge in [0.15, 0.2) is 5.65 Å². The Morgan fingerprint density at radius 1 is 1.05 bits per heavy atom. The molecule has 0 amide bonds. The van der Waals surface area contributed by atoms with Crippen LogP contribution in [0.25, 0.3) is 16.8 Å². The third kappa shape index (κ3) is 1.98. The highest BCUT2D eigenvalue weighted by atomic mass is 35.5. The zero-order chi connectivity index (χ0) is 14.4. The van der Waals surface area contributed by atoms with Crippen LogP contribution in [0.1, 0.15) is 22.5 Å². The van der Waals surface area contributed by atoms with E-state index in [2.05, 4.69) is 42.1 Å². The zero-order valence-corrected chi connectivity index (χ0v) is 12.8. The van der Waals surface area contributed by atoms with E-state index in [1.54, 1.807) is 4.52 Å². The maximum absolute atomic E-state index is 6.27. The Morgan fingerprint density at radius 3 is 2.55 bits per heavy atom. The molecule has 0 atom stereocenters. The van der Waals surface area contributed by atoms with Gasteiger partial charge in [0, 0.05) is 11.3 Å². The number of hydrogen-bond donors (Lipinski definition) is 0. The largest absolute Gasteiger partial charge is 0.233 e. The maximum Gasteiger partial charge on any atom is 0.165 e. The molecule has 3 aromatic rings. The molecule has 0 bridgehead atoms. The van der Waals surface area contributed by atoms with Gasteiger partial charge in [0.05, 0.1) is 5.69 Å². The van der Waals surface area contributed by atoms with Crippen molar-refractivity contribution in [1.29, 1.82) is 0 Å². The fourth-order valence-electron chi connectivity index (χ4n) is 2.52. The molecule has 2 heterocycles. The van der Waals surface area contributed by atoms with E-state index in [0.717, 1.165) is 22.6 Å². The molecule has 4 heteroatoms. The van der Waals surface area contributed by atoms with Crippen molar-refractivity contribution in [3.8, 4) is 11.1 Å². The van der Waals surface area contributed by atoms with E-state index in [9.17, 15) is 0 Å². The van der Waals surface area contributed by atoms with E-state index in [1.807, 2.05) is 19.9 Å². The lowest BCUT2D eigenvalue weighted by atomic mass is 9.98. The molecule has 0 saturated heterocycles. The molecule has 2 aromatic heterocycles. The number of rotatable bonds is 1. The summed E-state index contributed by atoms with van der Waals surface area (Å²) < 4.78 is 1.71. The molecule has 102 valence electrons. The summed E-state index contributed by atoms with van der Waals surface area (Å²) in [4.78, 5) is 4.62. The zero-order valence-electron chi connectivity index (χ0n) is 12.0.